The van der Waals surface area contributed by atoms with Crippen LogP contribution in [0.25, 0.3) is 21.7 Å². The number of aromatic nitrogens is 1. The van der Waals surface area contributed by atoms with Crippen LogP contribution in [-0.2, 0) is 0 Å². The molecule has 6 heteroatoms. The summed E-state index contributed by atoms with van der Waals surface area (Å²) in [5, 5.41) is 5.82. The Kier molecular flexibility index (Phi) is 5.93. The third-order valence-electron chi connectivity index (χ3n) is 4.68. The van der Waals surface area contributed by atoms with Crippen molar-refractivity contribution >= 4 is 33.8 Å². The van der Waals surface area contributed by atoms with E-state index in [0.29, 0.717) is 15.7 Å². The van der Waals surface area contributed by atoms with Gasteiger partial charge in [0.1, 0.15) is 5.82 Å². The topological polar surface area (TPSA) is 37.3 Å². The molecule has 3 aromatic carbocycles. The molecule has 1 heterocycles. The van der Waals surface area contributed by atoms with Crippen molar-refractivity contribution in [2.75, 3.05) is 5.43 Å². The van der Waals surface area contributed by atoms with Gasteiger partial charge in [0, 0.05) is 10.6 Å². The summed E-state index contributed by atoms with van der Waals surface area (Å²) in [6, 6.07) is 22.7. The molecule has 0 spiro atoms. The van der Waals surface area contributed by atoms with Gasteiger partial charge in [-0.15, -0.1) is 0 Å². The van der Waals surface area contributed by atoms with E-state index in [1.54, 1.807) is 19.1 Å². The van der Waals surface area contributed by atoms with Crippen LogP contribution >= 0.6 is 22.9 Å². The van der Waals surface area contributed by atoms with Crippen LogP contribution in [0.2, 0.25) is 5.02 Å². The van der Waals surface area contributed by atoms with Gasteiger partial charge in [0.2, 0.25) is 5.13 Å². The average Bonchev–Trinajstić information content (AvgIpc) is 3.19. The van der Waals surface area contributed by atoms with Crippen LogP contribution in [0.3, 0.4) is 0 Å². The number of nitrogens with one attached hydrogen (secondary N) is 1. The lowest BCUT2D eigenvalue weighted by Gasteiger charge is -2.03. The highest BCUT2D eigenvalue weighted by Crippen LogP contribution is 2.39. The minimum Gasteiger partial charge on any atom is -0.252 e. The molecule has 0 saturated carbocycles. The smallest absolute Gasteiger partial charge is 0.204 e. The maximum Gasteiger partial charge on any atom is 0.204 e. The van der Waals surface area contributed by atoms with Crippen molar-refractivity contribution in [3.05, 3.63) is 94.8 Å². The highest BCUT2D eigenvalue weighted by molar-refractivity contribution is 7.19. The second kappa shape index (κ2) is 8.78. The summed E-state index contributed by atoms with van der Waals surface area (Å²) < 4.78 is 13.5. The summed E-state index contributed by atoms with van der Waals surface area (Å²) >= 11 is 7.59. The van der Waals surface area contributed by atoms with Gasteiger partial charge in [0.25, 0.3) is 0 Å². The molecule has 0 amide bonds. The number of anilines is 1. The minimum absolute atomic E-state index is 0.223. The second-order valence-electron chi connectivity index (χ2n) is 6.84. The number of thiazole rings is 1. The maximum absolute atomic E-state index is 13.5. The normalized spacial score (nSPS) is 11.5. The van der Waals surface area contributed by atoms with Crippen LogP contribution in [0.5, 0.6) is 0 Å². The molecule has 0 unspecified atom stereocenters. The van der Waals surface area contributed by atoms with Crippen LogP contribution in [0.15, 0.2) is 77.9 Å². The molecule has 30 heavy (non-hydrogen) atoms. The first-order valence-corrected chi connectivity index (χ1v) is 10.6. The average molecular weight is 436 g/mol. The molecule has 0 bridgehead atoms. The molecule has 0 saturated heterocycles. The zero-order valence-corrected chi connectivity index (χ0v) is 18.1. The summed E-state index contributed by atoms with van der Waals surface area (Å²) in [6.45, 7) is 3.62. The zero-order chi connectivity index (χ0) is 21.1. The highest BCUT2D eigenvalue weighted by Gasteiger charge is 2.15. The highest BCUT2D eigenvalue weighted by atomic mass is 35.5. The third kappa shape index (κ3) is 4.42. The number of hydrazone groups is 1. The van der Waals surface area contributed by atoms with E-state index in [1.807, 2.05) is 49.4 Å². The molecule has 3 nitrogen and oxygen atoms in total. The molecular formula is C24H19ClFN3S. The molecule has 0 radical (unpaired) electrons. The standard InChI is InChI=1S/C24H19ClFN3S/c1-15-14-19(10-13-21(15)26)16(2)28-29-24-27-22(17-8-11-20(25)12-9-17)23(30-24)18-6-4-3-5-7-18/h3-14H,1-2H3,(H,27,29)/b28-16-. The van der Waals surface area contributed by atoms with E-state index in [0.717, 1.165) is 33.0 Å². The van der Waals surface area contributed by atoms with E-state index >= 15 is 0 Å². The molecule has 4 aromatic rings. The minimum atomic E-state index is -0.223. The molecule has 0 atom stereocenters. The SMILES string of the molecule is C/C(=N/Nc1nc(-c2ccc(Cl)cc2)c(-c2ccccc2)s1)c1ccc(F)c(C)c1. The van der Waals surface area contributed by atoms with Crippen LogP contribution in [0.1, 0.15) is 18.1 Å². The Morgan fingerprint density at radius 3 is 2.43 bits per heavy atom. The number of hydrogen-bond acceptors (Lipinski definition) is 4. The number of aryl methyl sites for hydroxylation is 1. The Morgan fingerprint density at radius 2 is 1.73 bits per heavy atom. The van der Waals surface area contributed by atoms with Crippen molar-refractivity contribution in [1.82, 2.24) is 4.98 Å². The molecule has 0 aliphatic heterocycles. The lowest BCUT2D eigenvalue weighted by molar-refractivity contribution is 0.618. The van der Waals surface area contributed by atoms with Gasteiger partial charge in [-0.25, -0.2) is 9.37 Å². The Balaban J connectivity index is 1.68. The first kappa shape index (κ1) is 20.3. The van der Waals surface area contributed by atoms with Gasteiger partial charge in [-0.1, -0.05) is 71.5 Å². The van der Waals surface area contributed by atoms with Gasteiger partial charge < -0.3 is 0 Å². The van der Waals surface area contributed by atoms with Gasteiger partial charge in [0.15, 0.2) is 0 Å². The van der Waals surface area contributed by atoms with Crippen LogP contribution in [0, 0.1) is 12.7 Å². The van der Waals surface area contributed by atoms with Crippen molar-refractivity contribution in [1.29, 1.82) is 0 Å². The number of rotatable bonds is 5. The fraction of sp³-hybridized carbons (Fsp3) is 0.0833. The largest absolute Gasteiger partial charge is 0.252 e. The van der Waals surface area contributed by atoms with Gasteiger partial charge in [-0.05, 0) is 54.8 Å². The van der Waals surface area contributed by atoms with Crippen molar-refractivity contribution in [2.45, 2.75) is 13.8 Å². The van der Waals surface area contributed by atoms with Crippen molar-refractivity contribution in [2.24, 2.45) is 5.10 Å². The predicted octanol–water partition coefficient (Wildman–Crippen LogP) is 7.41. The fourth-order valence-electron chi connectivity index (χ4n) is 3.02. The molecule has 0 aliphatic carbocycles. The van der Waals surface area contributed by atoms with Gasteiger partial charge in [-0.3, -0.25) is 5.43 Å². The van der Waals surface area contributed by atoms with Gasteiger partial charge in [-0.2, -0.15) is 5.10 Å². The molecule has 0 fully saturated rings. The fourth-order valence-corrected chi connectivity index (χ4v) is 4.08. The summed E-state index contributed by atoms with van der Waals surface area (Å²) in [6.07, 6.45) is 0. The first-order valence-electron chi connectivity index (χ1n) is 9.40. The van der Waals surface area contributed by atoms with Gasteiger partial charge >= 0.3 is 0 Å². The van der Waals surface area contributed by atoms with Crippen molar-refractivity contribution < 1.29 is 4.39 Å². The van der Waals surface area contributed by atoms with Crippen LogP contribution in [-0.4, -0.2) is 10.7 Å². The summed E-state index contributed by atoms with van der Waals surface area (Å²) in [5.41, 5.74) is 8.21. The molecular weight excluding hydrogens is 417 g/mol. The Morgan fingerprint density at radius 1 is 1.00 bits per heavy atom. The van der Waals surface area contributed by atoms with Crippen molar-refractivity contribution in [3.8, 4) is 21.7 Å². The van der Waals surface area contributed by atoms with E-state index < -0.39 is 0 Å². The van der Waals surface area contributed by atoms with Gasteiger partial charge in [0.05, 0.1) is 16.3 Å². The molecule has 4 rings (SSSR count). The van der Waals surface area contributed by atoms with Crippen LogP contribution < -0.4 is 5.43 Å². The Bertz CT molecular complexity index is 1200. The Hall–Kier alpha value is -3.02. The van der Waals surface area contributed by atoms with E-state index in [1.165, 1.54) is 17.4 Å². The van der Waals surface area contributed by atoms with E-state index in [2.05, 4.69) is 22.7 Å². The zero-order valence-electron chi connectivity index (χ0n) is 16.5. The molecule has 0 aliphatic rings. The van der Waals surface area contributed by atoms with E-state index in [-0.39, 0.29) is 5.82 Å². The maximum atomic E-state index is 13.5. The summed E-state index contributed by atoms with van der Waals surface area (Å²) in [5.74, 6) is -0.223. The molecule has 1 N–H and O–H groups in total. The second-order valence-corrected chi connectivity index (χ2v) is 8.28. The number of halogens is 2. The van der Waals surface area contributed by atoms with Crippen molar-refractivity contribution in [3.63, 3.8) is 0 Å². The lowest BCUT2D eigenvalue weighted by Crippen LogP contribution is -2.00. The quantitative estimate of drug-likeness (QED) is 0.261. The lowest BCUT2D eigenvalue weighted by atomic mass is 10.1. The summed E-state index contributed by atoms with van der Waals surface area (Å²) in [4.78, 5) is 5.83. The van der Waals surface area contributed by atoms with E-state index in [9.17, 15) is 4.39 Å². The predicted molar refractivity (Wildman–Crippen MR) is 125 cm³/mol. The third-order valence-corrected chi connectivity index (χ3v) is 5.94. The molecule has 1 aromatic heterocycles. The monoisotopic (exact) mass is 435 g/mol. The number of benzene rings is 3. The summed E-state index contributed by atoms with van der Waals surface area (Å²) in [7, 11) is 0. The number of hydrogen-bond donors (Lipinski definition) is 1. The number of nitrogens with zero attached hydrogens (tertiary/aromatic N) is 2. The molecule has 150 valence electrons. The Labute approximate surface area is 183 Å². The van der Waals surface area contributed by atoms with E-state index in [4.69, 9.17) is 16.6 Å². The van der Waals surface area contributed by atoms with Crippen LogP contribution in [0.4, 0.5) is 9.52 Å². The first-order chi connectivity index (χ1) is 14.5.